The van der Waals surface area contributed by atoms with E-state index in [4.69, 9.17) is 0 Å². The van der Waals surface area contributed by atoms with E-state index in [1.807, 2.05) is 0 Å². The highest BCUT2D eigenvalue weighted by atomic mass is 16.6. The second-order valence-corrected chi connectivity index (χ2v) is 1.17. The number of rotatable bonds is 1. The molecule has 1 aromatic heterocycles. The van der Waals surface area contributed by atoms with Gasteiger partial charge < -0.3 is 15.6 Å². The summed E-state index contributed by atoms with van der Waals surface area (Å²) in [4.78, 5) is 14.9. The summed E-state index contributed by atoms with van der Waals surface area (Å²) in [6, 6.07) is 0. The van der Waals surface area contributed by atoms with Crippen LogP contribution in [0.2, 0.25) is 0 Å². The van der Waals surface area contributed by atoms with Crippen LogP contribution >= 0.6 is 0 Å². The van der Waals surface area contributed by atoms with Gasteiger partial charge in [-0.05, 0) is 4.92 Å². The Morgan fingerprint density at radius 1 is 1.64 bits per heavy atom. The van der Waals surface area contributed by atoms with E-state index < -0.39 is 4.92 Å². The first-order valence-corrected chi connectivity index (χ1v) is 2.28. The largest absolute Gasteiger partial charge is 0.432 e. The predicted molar refractivity (Wildman–Crippen MR) is 37.2 cm³/mol. The number of hydrogen-bond donors (Lipinski definition) is 3. The van der Waals surface area contributed by atoms with E-state index in [-0.39, 0.29) is 11.4 Å². The van der Waals surface area contributed by atoms with E-state index >= 15 is 0 Å². The topological polar surface area (TPSA) is 155 Å². The fourth-order valence-electron chi connectivity index (χ4n) is 0.357. The molecule has 0 aliphatic heterocycles. The number of nitrogens with two attached hydrogens (primary N) is 2. The van der Waals surface area contributed by atoms with Crippen LogP contribution in [0.5, 0.6) is 0 Å². The van der Waals surface area contributed by atoms with E-state index in [1.54, 1.807) is 0 Å². The van der Waals surface area contributed by atoms with Crippen LogP contribution in [0, 0.1) is 10.1 Å². The average Bonchev–Trinajstić information content (AvgIpc) is 2.42. The Hall–Kier alpha value is -1.51. The number of H-pyrrole nitrogens is 1. The third-order valence-electron chi connectivity index (χ3n) is 0.657. The molecule has 0 radical (unpaired) electrons. The average molecular weight is 163 g/mol. The Balaban J connectivity index is 0. The molecule has 1 rings (SSSR count). The number of hydrazine groups is 1. The molecule has 64 valence electrons. The summed E-state index contributed by atoms with van der Waals surface area (Å²) in [7, 11) is 0. The molecule has 1 aromatic rings. The molecule has 0 aliphatic rings. The summed E-state index contributed by atoms with van der Waals surface area (Å²) in [6.45, 7) is 0. The summed E-state index contributed by atoms with van der Waals surface area (Å²) >= 11 is 0. The third-order valence-corrected chi connectivity index (χ3v) is 0.657. The fraction of sp³-hybridized carbons (Fsp3) is 0. The van der Waals surface area contributed by atoms with Crippen molar-refractivity contribution in [3.8, 4) is 0 Å². The Bertz CT molecular complexity index is 185. The van der Waals surface area contributed by atoms with Crippen LogP contribution in [0.3, 0.4) is 0 Å². The molecule has 0 aromatic carbocycles. The molecule has 0 amide bonds. The highest BCUT2D eigenvalue weighted by Crippen LogP contribution is 1.96. The van der Waals surface area contributed by atoms with E-state index in [9.17, 15) is 10.1 Å². The van der Waals surface area contributed by atoms with Gasteiger partial charge in [0, 0.05) is 0 Å². The van der Waals surface area contributed by atoms with Crippen LogP contribution in [0.25, 0.3) is 0 Å². The Morgan fingerprint density at radius 3 is 2.36 bits per heavy atom. The minimum atomic E-state index is -0.583. The second-order valence-electron chi connectivity index (χ2n) is 1.17. The lowest BCUT2D eigenvalue weighted by Crippen LogP contribution is -2.02. The van der Waals surface area contributed by atoms with Gasteiger partial charge >= 0.3 is 5.95 Å². The van der Waals surface area contributed by atoms with Gasteiger partial charge in [0.05, 0.1) is 6.20 Å². The number of nitrogens with one attached hydrogen (secondary N) is 1. The van der Waals surface area contributed by atoms with E-state index in [0.29, 0.717) is 0 Å². The molecule has 0 spiro atoms. The lowest BCUT2D eigenvalue weighted by atomic mass is 11.0. The summed E-state index contributed by atoms with van der Waals surface area (Å²) in [5.74, 6) is 7.78. The van der Waals surface area contributed by atoms with Crippen molar-refractivity contribution in [2.24, 2.45) is 11.7 Å². The van der Waals surface area contributed by atoms with Crippen molar-refractivity contribution in [3.05, 3.63) is 22.5 Å². The molecule has 0 fully saturated rings. The smallest absolute Gasteiger partial charge is 0.412 e. The summed E-state index contributed by atoms with van der Waals surface area (Å²) in [5, 5.41) is 9.77. The second kappa shape index (κ2) is 6.61. The minimum Gasteiger partial charge on any atom is -0.412 e. The van der Waals surface area contributed by atoms with Crippen LogP contribution in [0.15, 0.2) is 12.4 Å². The van der Waals surface area contributed by atoms with Crippen molar-refractivity contribution in [2.45, 2.75) is 0 Å². The van der Waals surface area contributed by atoms with Crippen LogP contribution in [0.1, 0.15) is 0 Å². The Morgan fingerprint density at radius 2 is 2.18 bits per heavy atom. The van der Waals surface area contributed by atoms with Gasteiger partial charge in [0.25, 0.3) is 0 Å². The number of nitrogens with zero attached hydrogens (tertiary/aromatic N) is 2. The van der Waals surface area contributed by atoms with Gasteiger partial charge in [-0.25, -0.2) is 4.98 Å². The predicted octanol–water partition coefficient (Wildman–Crippen LogP) is -1.69. The number of aromatic nitrogens is 2. The minimum absolute atomic E-state index is 0. The SMILES string of the molecule is NN.O.O=[N+]([O-])c1ncc[nH]1. The van der Waals surface area contributed by atoms with Crippen LogP contribution in [-0.4, -0.2) is 20.4 Å². The molecule has 8 heteroatoms. The van der Waals surface area contributed by atoms with Crippen molar-refractivity contribution in [3.63, 3.8) is 0 Å². The molecule has 8 nitrogen and oxygen atoms in total. The Labute approximate surface area is 61.6 Å². The van der Waals surface area contributed by atoms with Crippen molar-refractivity contribution in [2.75, 3.05) is 0 Å². The van der Waals surface area contributed by atoms with Gasteiger partial charge in [-0.3, -0.25) is 11.7 Å². The molecule has 0 atom stereocenters. The van der Waals surface area contributed by atoms with Gasteiger partial charge in [-0.1, -0.05) is 4.98 Å². The van der Waals surface area contributed by atoms with Gasteiger partial charge in [0.2, 0.25) is 0 Å². The zero-order valence-corrected chi connectivity index (χ0v) is 5.52. The van der Waals surface area contributed by atoms with Crippen LogP contribution in [-0.2, 0) is 0 Å². The Kier molecular flexibility index (Phi) is 7.32. The molecule has 0 bridgehead atoms. The lowest BCUT2D eigenvalue weighted by molar-refractivity contribution is -0.393. The van der Waals surface area contributed by atoms with Gasteiger partial charge in [0.15, 0.2) is 0 Å². The van der Waals surface area contributed by atoms with Gasteiger partial charge in [0.1, 0.15) is 6.20 Å². The summed E-state index contributed by atoms with van der Waals surface area (Å²) < 4.78 is 0. The number of nitro groups is 1. The van der Waals surface area contributed by atoms with Crippen LogP contribution < -0.4 is 11.7 Å². The highest BCUT2D eigenvalue weighted by molar-refractivity contribution is 5.00. The summed E-state index contributed by atoms with van der Waals surface area (Å²) in [5.41, 5.74) is 0. The number of aromatic amines is 1. The fourth-order valence-corrected chi connectivity index (χ4v) is 0.357. The van der Waals surface area contributed by atoms with Crippen molar-refractivity contribution >= 4 is 5.95 Å². The first-order chi connectivity index (χ1) is 4.80. The zero-order valence-electron chi connectivity index (χ0n) is 5.52. The van der Waals surface area contributed by atoms with E-state index in [0.717, 1.165) is 0 Å². The van der Waals surface area contributed by atoms with Crippen molar-refractivity contribution in [1.29, 1.82) is 0 Å². The quantitative estimate of drug-likeness (QED) is 0.256. The highest BCUT2D eigenvalue weighted by Gasteiger charge is 2.01. The van der Waals surface area contributed by atoms with E-state index in [2.05, 4.69) is 21.7 Å². The van der Waals surface area contributed by atoms with Gasteiger partial charge in [-0.15, -0.1) is 0 Å². The maximum Gasteiger partial charge on any atom is 0.432 e. The molecular formula is C3H9N5O3. The van der Waals surface area contributed by atoms with Crippen molar-refractivity contribution < 1.29 is 10.4 Å². The maximum absolute atomic E-state index is 9.77. The van der Waals surface area contributed by atoms with Crippen molar-refractivity contribution in [1.82, 2.24) is 9.97 Å². The number of hydrogen-bond acceptors (Lipinski definition) is 5. The molecule has 0 unspecified atom stereocenters. The lowest BCUT2D eigenvalue weighted by Gasteiger charge is -1.83. The molecule has 0 saturated heterocycles. The standard InChI is InChI=1S/C3H3N3O2.H4N2.H2O/c7-6(8)3-4-1-2-5-3;1-2;/h1-2H,(H,4,5);1-2H2;1H2. The summed E-state index contributed by atoms with van der Waals surface area (Å²) in [6.07, 6.45) is 2.73. The molecule has 11 heavy (non-hydrogen) atoms. The monoisotopic (exact) mass is 163 g/mol. The third kappa shape index (κ3) is 3.97. The normalized spacial score (nSPS) is 7.09. The molecular weight excluding hydrogens is 154 g/mol. The molecule has 1 heterocycles. The maximum atomic E-state index is 9.77. The molecule has 7 N–H and O–H groups in total. The zero-order chi connectivity index (χ0) is 7.98. The molecule has 0 saturated carbocycles. The first-order valence-electron chi connectivity index (χ1n) is 2.28. The van der Waals surface area contributed by atoms with E-state index in [1.165, 1.54) is 12.4 Å². The first kappa shape index (κ1) is 12.2. The van der Waals surface area contributed by atoms with Crippen LogP contribution in [0.4, 0.5) is 5.95 Å². The molecule has 0 aliphatic carbocycles. The van der Waals surface area contributed by atoms with Gasteiger partial charge in [-0.2, -0.15) is 0 Å². The number of imidazole rings is 1.